The van der Waals surface area contributed by atoms with Crippen LogP contribution in [0.5, 0.6) is 5.75 Å². The molecule has 0 fully saturated rings. The lowest BCUT2D eigenvalue weighted by Gasteiger charge is -2.08. The van der Waals surface area contributed by atoms with Gasteiger partial charge in [0.2, 0.25) is 5.13 Å². The van der Waals surface area contributed by atoms with Gasteiger partial charge in [0.1, 0.15) is 10.8 Å². The van der Waals surface area contributed by atoms with Crippen LogP contribution in [0.2, 0.25) is 10.0 Å². The van der Waals surface area contributed by atoms with Gasteiger partial charge in [0, 0.05) is 11.3 Å². The number of hydrogen-bond acceptors (Lipinski definition) is 5. The molecule has 3 rings (SSSR count). The van der Waals surface area contributed by atoms with Crippen molar-refractivity contribution >= 4 is 45.4 Å². The maximum atomic E-state index is 12.2. The first-order chi connectivity index (χ1) is 11.8. The molecule has 3 aromatic rings. The van der Waals surface area contributed by atoms with Crippen LogP contribution in [0.15, 0.2) is 42.5 Å². The number of anilines is 2. The van der Waals surface area contributed by atoms with E-state index in [0.717, 1.165) is 0 Å². The van der Waals surface area contributed by atoms with E-state index in [9.17, 15) is 13.2 Å². The van der Waals surface area contributed by atoms with E-state index in [1.807, 2.05) is 0 Å². The first-order valence-corrected chi connectivity index (χ1v) is 8.29. The number of rotatable bonds is 4. The van der Waals surface area contributed by atoms with Gasteiger partial charge in [-0.05, 0) is 42.5 Å². The highest BCUT2D eigenvalue weighted by molar-refractivity contribution is 7.18. The first kappa shape index (κ1) is 17.8. The molecule has 10 heteroatoms. The average Bonchev–Trinajstić information content (AvgIpc) is 2.99. The highest BCUT2D eigenvalue weighted by Gasteiger charge is 2.31. The summed E-state index contributed by atoms with van der Waals surface area (Å²) in [5.74, 6) is -0.296. The molecular formula is C15H8Cl2F3N3OS. The molecule has 1 aromatic heterocycles. The van der Waals surface area contributed by atoms with Crippen LogP contribution in [0.25, 0.3) is 10.6 Å². The van der Waals surface area contributed by atoms with E-state index in [-0.39, 0.29) is 5.75 Å². The Balaban J connectivity index is 1.73. The zero-order valence-corrected chi connectivity index (χ0v) is 14.5. The van der Waals surface area contributed by atoms with Gasteiger partial charge < -0.3 is 10.1 Å². The SMILES string of the molecule is FC(F)(F)Oc1ccc(-c2nnc(Nc3ccc(Cl)c(Cl)c3)s2)cc1. The third-order valence-electron chi connectivity index (χ3n) is 2.93. The van der Waals surface area contributed by atoms with Crippen molar-refractivity contribution in [1.82, 2.24) is 10.2 Å². The molecule has 0 saturated carbocycles. The molecule has 0 spiro atoms. The summed E-state index contributed by atoms with van der Waals surface area (Å²) < 4.78 is 40.3. The summed E-state index contributed by atoms with van der Waals surface area (Å²) in [7, 11) is 0. The van der Waals surface area contributed by atoms with Gasteiger partial charge in [0.25, 0.3) is 0 Å². The number of aromatic nitrogens is 2. The lowest BCUT2D eigenvalue weighted by molar-refractivity contribution is -0.274. The van der Waals surface area contributed by atoms with Crippen LogP contribution in [0.3, 0.4) is 0 Å². The molecular weight excluding hydrogens is 398 g/mol. The minimum atomic E-state index is -4.72. The number of nitrogens with one attached hydrogen (secondary N) is 1. The molecule has 2 aromatic carbocycles. The summed E-state index contributed by atoms with van der Waals surface area (Å²) in [5, 5.41) is 12.9. The van der Waals surface area contributed by atoms with Crippen LogP contribution in [-0.2, 0) is 0 Å². The monoisotopic (exact) mass is 405 g/mol. The third-order valence-corrected chi connectivity index (χ3v) is 4.56. The number of ether oxygens (including phenoxy) is 1. The lowest BCUT2D eigenvalue weighted by atomic mass is 10.2. The van der Waals surface area contributed by atoms with Crippen LogP contribution in [0.1, 0.15) is 0 Å². The fraction of sp³-hybridized carbons (Fsp3) is 0.0667. The number of alkyl halides is 3. The maximum Gasteiger partial charge on any atom is 0.573 e. The van der Waals surface area contributed by atoms with Gasteiger partial charge in [-0.2, -0.15) is 0 Å². The second-order valence-electron chi connectivity index (χ2n) is 4.74. The predicted octanol–water partition coefficient (Wildman–Crippen LogP) is 6.15. The Morgan fingerprint density at radius 2 is 1.68 bits per heavy atom. The number of halogens is 5. The quantitative estimate of drug-likeness (QED) is 0.564. The molecule has 0 atom stereocenters. The first-order valence-electron chi connectivity index (χ1n) is 6.72. The topological polar surface area (TPSA) is 47.0 Å². The zero-order valence-electron chi connectivity index (χ0n) is 12.1. The molecule has 25 heavy (non-hydrogen) atoms. The molecule has 0 aliphatic rings. The number of nitrogens with zero attached hydrogens (tertiary/aromatic N) is 2. The van der Waals surface area contributed by atoms with Crippen molar-refractivity contribution in [1.29, 1.82) is 0 Å². The molecule has 1 N–H and O–H groups in total. The highest BCUT2D eigenvalue weighted by atomic mass is 35.5. The summed E-state index contributed by atoms with van der Waals surface area (Å²) in [6.45, 7) is 0. The molecule has 0 amide bonds. The van der Waals surface area contributed by atoms with Crippen molar-refractivity contribution in [2.45, 2.75) is 6.36 Å². The molecule has 1 heterocycles. The van der Waals surface area contributed by atoms with Crippen molar-refractivity contribution in [2.75, 3.05) is 5.32 Å². The fourth-order valence-electron chi connectivity index (χ4n) is 1.89. The van der Waals surface area contributed by atoms with E-state index >= 15 is 0 Å². The van der Waals surface area contributed by atoms with Gasteiger partial charge in [-0.25, -0.2) is 0 Å². The molecule has 0 unspecified atom stereocenters. The van der Waals surface area contributed by atoms with Crippen molar-refractivity contribution in [3.8, 4) is 16.3 Å². The Kier molecular flexibility index (Phi) is 5.03. The molecule has 0 radical (unpaired) electrons. The third kappa shape index (κ3) is 4.75. The standard InChI is InChI=1S/C15H8Cl2F3N3OS/c16-11-6-3-9(7-12(11)17)21-14-23-22-13(25-14)8-1-4-10(5-2-8)24-15(18,19)20/h1-7H,(H,21,23). The minimum absolute atomic E-state index is 0.296. The van der Waals surface area contributed by atoms with Crippen LogP contribution in [0, 0.1) is 0 Å². The highest BCUT2D eigenvalue weighted by Crippen LogP contribution is 2.32. The fourth-order valence-corrected chi connectivity index (χ4v) is 2.95. The average molecular weight is 406 g/mol. The molecule has 0 saturated heterocycles. The van der Waals surface area contributed by atoms with E-state index < -0.39 is 6.36 Å². The van der Waals surface area contributed by atoms with Crippen LogP contribution < -0.4 is 10.1 Å². The number of hydrogen-bond donors (Lipinski definition) is 1. The van der Waals surface area contributed by atoms with Crippen molar-refractivity contribution < 1.29 is 17.9 Å². The van der Waals surface area contributed by atoms with E-state index in [1.54, 1.807) is 18.2 Å². The summed E-state index contributed by atoms with van der Waals surface area (Å²) in [6.07, 6.45) is -4.72. The minimum Gasteiger partial charge on any atom is -0.406 e. The summed E-state index contributed by atoms with van der Waals surface area (Å²) >= 11 is 13.0. The van der Waals surface area contributed by atoms with Crippen molar-refractivity contribution in [3.05, 3.63) is 52.5 Å². The second-order valence-corrected chi connectivity index (χ2v) is 6.53. The predicted molar refractivity (Wildman–Crippen MR) is 91.8 cm³/mol. The van der Waals surface area contributed by atoms with Crippen molar-refractivity contribution in [2.24, 2.45) is 0 Å². The van der Waals surface area contributed by atoms with Crippen molar-refractivity contribution in [3.63, 3.8) is 0 Å². The molecule has 0 bridgehead atoms. The molecule has 0 aliphatic heterocycles. The van der Waals surface area contributed by atoms with Gasteiger partial charge >= 0.3 is 6.36 Å². The van der Waals surface area contributed by atoms with Gasteiger partial charge in [-0.15, -0.1) is 23.4 Å². The van der Waals surface area contributed by atoms with Gasteiger partial charge in [-0.3, -0.25) is 0 Å². The normalized spacial score (nSPS) is 11.4. The van der Waals surface area contributed by atoms with Crippen LogP contribution >= 0.6 is 34.5 Å². The molecule has 130 valence electrons. The Bertz CT molecular complexity index is 884. The van der Waals surface area contributed by atoms with E-state index in [0.29, 0.717) is 31.4 Å². The second kappa shape index (κ2) is 7.07. The van der Waals surface area contributed by atoms with Gasteiger partial charge in [0.15, 0.2) is 0 Å². The Labute approximate surface area is 154 Å². The smallest absolute Gasteiger partial charge is 0.406 e. The molecule has 0 aliphatic carbocycles. The molecule has 4 nitrogen and oxygen atoms in total. The van der Waals surface area contributed by atoms with Gasteiger partial charge in [-0.1, -0.05) is 34.5 Å². The Morgan fingerprint density at radius 1 is 0.960 bits per heavy atom. The number of benzene rings is 2. The zero-order chi connectivity index (χ0) is 18.0. The van der Waals surface area contributed by atoms with Crippen LogP contribution in [0.4, 0.5) is 24.0 Å². The van der Waals surface area contributed by atoms with Crippen LogP contribution in [-0.4, -0.2) is 16.6 Å². The summed E-state index contributed by atoms with van der Waals surface area (Å²) in [4.78, 5) is 0. The summed E-state index contributed by atoms with van der Waals surface area (Å²) in [6, 6.07) is 10.4. The Hall–Kier alpha value is -2.03. The largest absolute Gasteiger partial charge is 0.573 e. The van der Waals surface area contributed by atoms with E-state index in [2.05, 4.69) is 20.3 Å². The summed E-state index contributed by atoms with van der Waals surface area (Å²) in [5.41, 5.74) is 1.31. The van der Waals surface area contributed by atoms with E-state index in [1.165, 1.54) is 35.6 Å². The maximum absolute atomic E-state index is 12.2. The van der Waals surface area contributed by atoms with E-state index in [4.69, 9.17) is 23.2 Å². The lowest BCUT2D eigenvalue weighted by Crippen LogP contribution is -2.16. The van der Waals surface area contributed by atoms with Gasteiger partial charge in [0.05, 0.1) is 10.0 Å². The Morgan fingerprint density at radius 3 is 2.32 bits per heavy atom.